The molecule has 0 radical (unpaired) electrons. The number of nitrogens with zero attached hydrogens (tertiary/aromatic N) is 1. The van der Waals surface area contributed by atoms with Crippen molar-refractivity contribution >= 4 is 5.57 Å². The van der Waals surface area contributed by atoms with Crippen molar-refractivity contribution in [2.24, 2.45) is 5.73 Å². The van der Waals surface area contributed by atoms with Crippen molar-refractivity contribution in [3.8, 4) is 5.75 Å². The second-order valence-corrected chi connectivity index (χ2v) is 11.3. The van der Waals surface area contributed by atoms with Crippen LogP contribution < -0.4 is 10.5 Å². The van der Waals surface area contributed by atoms with Crippen LogP contribution in [0.2, 0.25) is 0 Å². The number of ether oxygens (including phenoxy) is 2. The fourth-order valence-electron chi connectivity index (χ4n) is 6.69. The van der Waals surface area contributed by atoms with Crippen LogP contribution in [0.3, 0.4) is 0 Å². The molecule has 0 bridgehead atoms. The fraction of sp³-hybridized carbons (Fsp3) is 0.412. The maximum Gasteiger partial charge on any atom is 0.120 e. The van der Waals surface area contributed by atoms with Crippen LogP contribution in [0.1, 0.15) is 73.7 Å². The van der Waals surface area contributed by atoms with Gasteiger partial charge in [-0.2, -0.15) is 0 Å². The largest absolute Gasteiger partial charge is 0.493 e. The highest BCUT2D eigenvalue weighted by Gasteiger charge is 2.44. The molecule has 3 aromatic rings. The Kier molecular flexibility index (Phi) is 7.53. The molecule has 1 fully saturated rings. The van der Waals surface area contributed by atoms with E-state index < -0.39 is 0 Å². The van der Waals surface area contributed by atoms with Gasteiger partial charge in [0, 0.05) is 30.1 Å². The van der Waals surface area contributed by atoms with Crippen LogP contribution in [0.4, 0.5) is 0 Å². The molecule has 2 heterocycles. The van der Waals surface area contributed by atoms with Crippen molar-refractivity contribution in [3.05, 3.63) is 107 Å². The highest BCUT2D eigenvalue weighted by Crippen LogP contribution is 2.50. The van der Waals surface area contributed by atoms with E-state index in [0.717, 1.165) is 50.2 Å². The first-order chi connectivity index (χ1) is 18.7. The quantitative estimate of drug-likeness (QED) is 0.337. The smallest absolute Gasteiger partial charge is 0.120 e. The van der Waals surface area contributed by atoms with Crippen molar-refractivity contribution in [1.82, 2.24) is 4.90 Å². The Labute approximate surface area is 227 Å². The van der Waals surface area contributed by atoms with Gasteiger partial charge < -0.3 is 15.2 Å². The second-order valence-electron chi connectivity index (χ2n) is 11.3. The first-order valence-electron chi connectivity index (χ1n) is 14.4. The van der Waals surface area contributed by atoms with Gasteiger partial charge in [-0.1, -0.05) is 66.7 Å². The first kappa shape index (κ1) is 25.2. The number of hydrogen-bond acceptors (Lipinski definition) is 4. The maximum absolute atomic E-state index is 6.62. The van der Waals surface area contributed by atoms with E-state index in [-0.39, 0.29) is 12.1 Å². The molecule has 1 aliphatic carbocycles. The summed E-state index contributed by atoms with van der Waals surface area (Å²) in [6, 6.07) is 28.9. The summed E-state index contributed by atoms with van der Waals surface area (Å²) in [5, 5.41) is 0. The van der Waals surface area contributed by atoms with Crippen molar-refractivity contribution < 1.29 is 9.47 Å². The third kappa shape index (κ3) is 5.39. The van der Waals surface area contributed by atoms with Crippen LogP contribution in [-0.2, 0) is 17.8 Å². The Morgan fingerprint density at radius 3 is 2.50 bits per heavy atom. The van der Waals surface area contributed by atoms with Gasteiger partial charge in [0.2, 0.25) is 0 Å². The minimum atomic E-state index is 0.126. The molecular formula is C34H40N2O2. The van der Waals surface area contributed by atoms with Gasteiger partial charge in [-0.25, -0.2) is 0 Å². The number of nitrogens with two attached hydrogens (primary N) is 1. The SMILES string of the molecule is CC(CCCc1ccccc1)Oc1ccc2c(c1)C1=C(OCc3ccccc3)CC(N)CC1N1CCCC21. The number of benzene rings is 3. The molecule has 38 heavy (non-hydrogen) atoms. The van der Waals surface area contributed by atoms with Crippen molar-refractivity contribution in [2.45, 2.75) is 82.7 Å². The van der Waals surface area contributed by atoms with E-state index in [4.69, 9.17) is 15.2 Å². The average molecular weight is 509 g/mol. The molecule has 0 aromatic heterocycles. The fourth-order valence-corrected chi connectivity index (χ4v) is 6.69. The van der Waals surface area contributed by atoms with E-state index in [1.807, 2.05) is 6.07 Å². The molecule has 3 aliphatic rings. The normalized spacial score (nSPS) is 23.4. The predicted molar refractivity (Wildman–Crippen MR) is 154 cm³/mol. The van der Waals surface area contributed by atoms with E-state index in [1.54, 1.807) is 0 Å². The number of hydrogen-bond donors (Lipinski definition) is 1. The van der Waals surface area contributed by atoms with Crippen molar-refractivity contribution in [1.29, 1.82) is 0 Å². The molecule has 6 rings (SSSR count). The summed E-state index contributed by atoms with van der Waals surface area (Å²) in [6.07, 6.45) is 7.64. The summed E-state index contributed by atoms with van der Waals surface area (Å²) in [6.45, 7) is 3.90. The number of aryl methyl sites for hydroxylation is 1. The van der Waals surface area contributed by atoms with Gasteiger partial charge in [-0.05, 0) is 86.4 Å². The maximum atomic E-state index is 6.62. The summed E-state index contributed by atoms with van der Waals surface area (Å²) in [7, 11) is 0. The summed E-state index contributed by atoms with van der Waals surface area (Å²) in [5.74, 6) is 2.03. The summed E-state index contributed by atoms with van der Waals surface area (Å²) in [4.78, 5) is 2.69. The van der Waals surface area contributed by atoms with Crippen LogP contribution >= 0.6 is 0 Å². The van der Waals surface area contributed by atoms with Crippen molar-refractivity contribution in [2.75, 3.05) is 6.54 Å². The second kappa shape index (κ2) is 11.3. The van der Waals surface area contributed by atoms with E-state index in [1.165, 1.54) is 40.7 Å². The van der Waals surface area contributed by atoms with Crippen molar-refractivity contribution in [3.63, 3.8) is 0 Å². The Bertz CT molecular complexity index is 1260. The zero-order chi connectivity index (χ0) is 25.9. The molecule has 3 aromatic carbocycles. The Morgan fingerprint density at radius 1 is 0.947 bits per heavy atom. The lowest BCUT2D eigenvalue weighted by Crippen LogP contribution is -2.46. The Morgan fingerprint density at radius 2 is 1.71 bits per heavy atom. The van der Waals surface area contributed by atoms with Gasteiger partial charge in [0.05, 0.1) is 6.10 Å². The minimum absolute atomic E-state index is 0.126. The molecule has 4 heteroatoms. The summed E-state index contributed by atoms with van der Waals surface area (Å²) < 4.78 is 13.1. The molecule has 4 unspecified atom stereocenters. The monoisotopic (exact) mass is 508 g/mol. The van der Waals surface area contributed by atoms with Gasteiger partial charge in [-0.3, -0.25) is 4.90 Å². The van der Waals surface area contributed by atoms with Crippen LogP contribution in [0, 0.1) is 0 Å². The van der Waals surface area contributed by atoms with Crippen LogP contribution in [-0.4, -0.2) is 29.6 Å². The molecule has 198 valence electrons. The molecule has 4 nitrogen and oxygen atoms in total. The number of rotatable bonds is 9. The number of fused-ring (bicyclic) bond motifs is 6. The molecule has 0 saturated carbocycles. The molecule has 0 spiro atoms. The summed E-state index contributed by atoms with van der Waals surface area (Å²) in [5.41, 5.74) is 13.3. The van der Waals surface area contributed by atoms with Gasteiger partial charge in [0.15, 0.2) is 0 Å². The first-order valence-corrected chi connectivity index (χ1v) is 14.4. The van der Waals surface area contributed by atoms with Gasteiger partial charge >= 0.3 is 0 Å². The van der Waals surface area contributed by atoms with Gasteiger partial charge in [-0.15, -0.1) is 0 Å². The molecular weight excluding hydrogens is 468 g/mol. The Balaban J connectivity index is 1.25. The lowest BCUT2D eigenvalue weighted by atomic mass is 9.77. The standard InChI is InChI=1S/C34H40N2O2/c1-24(10-8-15-25-11-4-2-5-12-25)38-28-17-18-29-30(22-28)34-32(36-19-9-16-31(29)36)20-27(35)21-33(34)37-23-26-13-6-3-7-14-26/h2-7,11-14,17-18,22,24,27,31-32H,8-10,15-16,19-21,23,35H2,1H3. The molecule has 0 amide bonds. The molecule has 4 atom stereocenters. The topological polar surface area (TPSA) is 47.7 Å². The zero-order valence-corrected chi connectivity index (χ0v) is 22.5. The van der Waals surface area contributed by atoms with E-state index in [0.29, 0.717) is 18.7 Å². The lowest BCUT2D eigenvalue weighted by molar-refractivity contribution is 0.146. The average Bonchev–Trinajstić information content (AvgIpc) is 3.43. The third-order valence-electron chi connectivity index (χ3n) is 8.49. The van der Waals surface area contributed by atoms with E-state index >= 15 is 0 Å². The molecule has 1 saturated heterocycles. The van der Waals surface area contributed by atoms with Crippen LogP contribution in [0.15, 0.2) is 84.6 Å². The van der Waals surface area contributed by atoms with Gasteiger partial charge in [0.1, 0.15) is 18.1 Å². The highest BCUT2D eigenvalue weighted by molar-refractivity contribution is 5.78. The van der Waals surface area contributed by atoms with Gasteiger partial charge in [0.25, 0.3) is 0 Å². The third-order valence-corrected chi connectivity index (χ3v) is 8.49. The lowest BCUT2D eigenvalue weighted by Gasteiger charge is -2.45. The summed E-state index contributed by atoms with van der Waals surface area (Å²) >= 11 is 0. The molecule has 2 N–H and O–H groups in total. The van der Waals surface area contributed by atoms with Crippen LogP contribution in [0.5, 0.6) is 5.75 Å². The van der Waals surface area contributed by atoms with E-state index in [2.05, 4.69) is 84.6 Å². The highest BCUT2D eigenvalue weighted by atomic mass is 16.5. The minimum Gasteiger partial charge on any atom is -0.493 e. The zero-order valence-electron chi connectivity index (χ0n) is 22.5. The predicted octanol–water partition coefficient (Wildman–Crippen LogP) is 7.04. The van der Waals surface area contributed by atoms with E-state index in [9.17, 15) is 0 Å². The molecule has 2 aliphatic heterocycles. The van der Waals surface area contributed by atoms with Crippen LogP contribution in [0.25, 0.3) is 5.57 Å². The Hall–Kier alpha value is -3.08.